The lowest BCUT2D eigenvalue weighted by atomic mass is 9.83. The van der Waals surface area contributed by atoms with Crippen LogP contribution in [0.15, 0.2) is 0 Å². The minimum Gasteiger partial charge on any atom is -0.484 e. The Balaban J connectivity index is 3.04. The van der Waals surface area contributed by atoms with Crippen molar-refractivity contribution in [1.29, 1.82) is 5.41 Å². The van der Waals surface area contributed by atoms with E-state index in [4.69, 9.17) is 15.3 Å². The third-order valence-corrected chi connectivity index (χ3v) is 3.42. The van der Waals surface area contributed by atoms with Crippen LogP contribution < -0.4 is 0 Å². The van der Waals surface area contributed by atoms with Gasteiger partial charge in [-0.25, -0.2) is 0 Å². The molecule has 9 heteroatoms. The van der Waals surface area contributed by atoms with Gasteiger partial charge < -0.3 is 35.0 Å². The zero-order valence-electron chi connectivity index (χ0n) is 9.65. The molecule has 1 heterocycles. The van der Waals surface area contributed by atoms with E-state index in [1.165, 1.54) is 7.11 Å². The van der Waals surface area contributed by atoms with Crippen LogP contribution in [-0.2, 0) is 9.47 Å². The zero-order valence-corrected chi connectivity index (χ0v) is 10.5. The first-order valence-corrected chi connectivity index (χ1v) is 5.57. The van der Waals surface area contributed by atoms with E-state index in [0.717, 1.165) is 0 Å². The van der Waals surface area contributed by atoms with Gasteiger partial charge in [0.05, 0.1) is 20.1 Å². The second kappa shape index (κ2) is 5.29. The van der Waals surface area contributed by atoms with E-state index in [0.29, 0.717) is 0 Å². The molecule has 5 atom stereocenters. The van der Waals surface area contributed by atoms with Crippen LogP contribution >= 0.6 is 12.6 Å². The Morgan fingerprint density at radius 3 is 2.44 bits per heavy atom. The topological polar surface area (TPSA) is 143 Å². The summed E-state index contributed by atoms with van der Waals surface area (Å²) in [7, 11) is 1.17. The van der Waals surface area contributed by atoms with Crippen molar-refractivity contribution in [2.75, 3.05) is 13.7 Å². The van der Waals surface area contributed by atoms with E-state index in [1.54, 1.807) is 0 Å². The van der Waals surface area contributed by atoms with Gasteiger partial charge in [0.2, 0.25) is 5.12 Å². The molecule has 0 aromatic carbocycles. The van der Waals surface area contributed by atoms with Gasteiger partial charge in [0.25, 0.3) is 0 Å². The lowest BCUT2D eigenvalue weighted by Crippen LogP contribution is -2.71. The monoisotopic (exact) mass is 283 g/mol. The molecule has 6 N–H and O–H groups in total. The van der Waals surface area contributed by atoms with E-state index < -0.39 is 48.0 Å². The molecule has 106 valence electrons. The van der Waals surface area contributed by atoms with Gasteiger partial charge in [-0.2, -0.15) is 0 Å². The van der Waals surface area contributed by atoms with Gasteiger partial charge >= 0.3 is 0 Å². The Morgan fingerprint density at radius 1 is 1.44 bits per heavy atom. The van der Waals surface area contributed by atoms with Gasteiger partial charge in [-0.15, -0.1) is 12.6 Å². The first-order valence-electron chi connectivity index (χ1n) is 5.13. The van der Waals surface area contributed by atoms with Crippen LogP contribution in [0.3, 0.4) is 0 Å². The number of ether oxygens (including phenoxy) is 2. The molecule has 0 spiro atoms. The molecule has 1 aliphatic heterocycles. The maximum Gasteiger partial charge on any atom is 0.246 e. The second-order valence-corrected chi connectivity index (χ2v) is 4.72. The molecular weight excluding hydrogens is 266 g/mol. The normalized spacial score (nSPS) is 44.7. The second-order valence-electron chi connectivity index (χ2n) is 4.11. The molecule has 18 heavy (non-hydrogen) atoms. The first-order chi connectivity index (χ1) is 8.19. The van der Waals surface area contributed by atoms with Gasteiger partial charge in [0.1, 0.15) is 18.3 Å². The minimum atomic E-state index is -2.55. The van der Waals surface area contributed by atoms with E-state index in [9.17, 15) is 20.4 Å². The molecule has 0 radical (unpaired) electrons. The minimum absolute atomic E-state index is 0.442. The third kappa shape index (κ3) is 2.48. The number of aliphatic hydroxyl groups excluding tert-OH is 3. The summed E-state index contributed by atoms with van der Waals surface area (Å²) < 4.78 is 9.35. The van der Waals surface area contributed by atoms with Crippen LogP contribution in [0.2, 0.25) is 0 Å². The molecule has 0 saturated carbocycles. The molecule has 0 bridgehead atoms. The number of hydrogen-bond acceptors (Lipinski definition) is 9. The Kier molecular flexibility index (Phi) is 4.60. The molecule has 1 saturated heterocycles. The van der Waals surface area contributed by atoms with E-state index in [1.807, 2.05) is 0 Å². The summed E-state index contributed by atoms with van der Waals surface area (Å²) in [6, 6.07) is 0. The molecule has 0 amide bonds. The third-order valence-electron chi connectivity index (χ3n) is 2.93. The number of rotatable bonds is 3. The van der Waals surface area contributed by atoms with Crippen LogP contribution in [0.4, 0.5) is 0 Å². The molecule has 0 aromatic heterocycles. The van der Waals surface area contributed by atoms with Crippen molar-refractivity contribution in [2.24, 2.45) is 0 Å². The number of thiol groups is 1. The molecular formula is C9H17NO7S. The van der Waals surface area contributed by atoms with Crippen molar-refractivity contribution in [3.63, 3.8) is 0 Å². The average molecular weight is 283 g/mol. The molecule has 1 rings (SSSR count). The van der Waals surface area contributed by atoms with Gasteiger partial charge in [-0.3, -0.25) is 5.41 Å². The standard InChI is InChI=1S/C9H17NO7S/c1-16-5(10)2-8(14)7(13)6(12)4(3-11)17-9(8,15)18/h4,6-7,10-15,18H,2-3H2,1H3/t4-,6-,7+,8-,9+/m1/s1. The Labute approximate surface area is 109 Å². The van der Waals surface area contributed by atoms with Crippen molar-refractivity contribution in [2.45, 2.75) is 35.5 Å². The van der Waals surface area contributed by atoms with Crippen LogP contribution in [0.1, 0.15) is 6.42 Å². The van der Waals surface area contributed by atoms with Crippen LogP contribution in [0.5, 0.6) is 0 Å². The lowest BCUT2D eigenvalue weighted by Gasteiger charge is -2.50. The summed E-state index contributed by atoms with van der Waals surface area (Å²) in [6.07, 6.45) is -5.45. The van der Waals surface area contributed by atoms with Crippen LogP contribution in [0, 0.1) is 5.41 Å². The summed E-state index contributed by atoms with van der Waals surface area (Å²) in [5, 5.41) is 53.2. The highest BCUT2D eigenvalue weighted by Crippen LogP contribution is 2.41. The van der Waals surface area contributed by atoms with Crippen molar-refractivity contribution < 1.29 is 35.0 Å². The predicted octanol–water partition coefficient (Wildman–Crippen LogP) is -2.58. The summed E-state index contributed by atoms with van der Waals surface area (Å²) >= 11 is 3.67. The Bertz CT molecular complexity index is 326. The van der Waals surface area contributed by atoms with Gasteiger partial charge in [-0.05, 0) is 0 Å². The SMILES string of the molecule is COC(=N)C[C@@]1(O)[C@@H](O)[C@H](O)[C@@H](CO)O[C@]1(O)S. The quantitative estimate of drug-likeness (QED) is 0.130. The van der Waals surface area contributed by atoms with Crippen molar-refractivity contribution in [3.8, 4) is 0 Å². The number of hydrogen-bond donors (Lipinski definition) is 7. The summed E-state index contributed by atoms with van der Waals surface area (Å²) in [6.45, 7) is -0.682. The Hall–Kier alpha value is -0.420. The molecule has 0 aromatic rings. The molecule has 0 unspecified atom stereocenters. The summed E-state index contributed by atoms with van der Waals surface area (Å²) in [5.41, 5.74) is -2.45. The molecule has 1 aliphatic rings. The molecule has 1 fully saturated rings. The highest BCUT2D eigenvalue weighted by molar-refractivity contribution is 7.81. The smallest absolute Gasteiger partial charge is 0.246 e. The first kappa shape index (κ1) is 15.6. The fourth-order valence-corrected chi connectivity index (χ4v) is 2.09. The zero-order chi connectivity index (χ0) is 14.1. The van der Waals surface area contributed by atoms with Gasteiger partial charge in [-0.1, -0.05) is 0 Å². The fourth-order valence-electron chi connectivity index (χ4n) is 1.74. The largest absolute Gasteiger partial charge is 0.484 e. The maximum absolute atomic E-state index is 10.2. The number of methoxy groups -OCH3 is 1. The predicted molar refractivity (Wildman–Crippen MR) is 62.2 cm³/mol. The van der Waals surface area contributed by atoms with Crippen LogP contribution in [-0.4, -0.2) is 74.2 Å². The summed E-state index contributed by atoms with van der Waals surface area (Å²) in [5.74, 6) is -0.442. The lowest BCUT2D eigenvalue weighted by molar-refractivity contribution is -0.345. The number of aliphatic hydroxyl groups is 5. The average Bonchev–Trinajstić information content (AvgIpc) is 2.32. The Morgan fingerprint density at radius 2 is 2.00 bits per heavy atom. The fraction of sp³-hybridized carbons (Fsp3) is 0.889. The van der Waals surface area contributed by atoms with E-state index >= 15 is 0 Å². The summed E-state index contributed by atoms with van der Waals surface area (Å²) in [4.78, 5) is 0. The van der Waals surface area contributed by atoms with Gasteiger partial charge in [0, 0.05) is 0 Å². The van der Waals surface area contributed by atoms with E-state index in [-0.39, 0.29) is 0 Å². The van der Waals surface area contributed by atoms with Crippen LogP contribution in [0.25, 0.3) is 0 Å². The highest BCUT2D eigenvalue weighted by Gasteiger charge is 2.62. The van der Waals surface area contributed by atoms with Crippen molar-refractivity contribution >= 4 is 18.5 Å². The van der Waals surface area contributed by atoms with E-state index in [2.05, 4.69) is 17.4 Å². The van der Waals surface area contributed by atoms with Crippen molar-refractivity contribution in [3.05, 3.63) is 0 Å². The molecule has 8 nitrogen and oxygen atoms in total. The van der Waals surface area contributed by atoms with Crippen molar-refractivity contribution in [1.82, 2.24) is 0 Å². The highest BCUT2D eigenvalue weighted by atomic mass is 32.1. The maximum atomic E-state index is 10.2. The number of nitrogens with one attached hydrogen (secondary N) is 1. The van der Waals surface area contributed by atoms with Gasteiger partial charge in [0.15, 0.2) is 11.5 Å². The molecule has 0 aliphatic carbocycles.